The summed E-state index contributed by atoms with van der Waals surface area (Å²) >= 11 is 0. The third-order valence-corrected chi connectivity index (χ3v) is 6.16. The third-order valence-electron chi connectivity index (χ3n) is 6.16. The topological polar surface area (TPSA) is 137 Å². The number of aromatic hydroxyl groups is 3. The molecule has 1 aliphatic rings. The van der Waals surface area contributed by atoms with Crippen molar-refractivity contribution in [1.82, 2.24) is 15.3 Å². The van der Waals surface area contributed by atoms with Gasteiger partial charge in [0, 0.05) is 27.9 Å². The molecule has 1 amide bonds. The number of H-pyrrole nitrogens is 1. The molecule has 9 heteroatoms. The van der Waals surface area contributed by atoms with E-state index in [-0.39, 0.29) is 13.3 Å². The number of nitrogens with one attached hydrogen (secondary N) is 2. The molecule has 1 aliphatic heterocycles. The maximum atomic E-state index is 12.5. The number of pyridine rings is 1. The Balaban J connectivity index is 1.32. The van der Waals surface area contributed by atoms with E-state index in [0.29, 0.717) is 22.8 Å². The van der Waals surface area contributed by atoms with Crippen molar-refractivity contribution in [2.45, 2.75) is 6.54 Å². The highest BCUT2D eigenvalue weighted by Crippen LogP contribution is 2.39. The molecule has 184 valence electrons. The van der Waals surface area contributed by atoms with Crippen molar-refractivity contribution >= 4 is 33.8 Å². The molecule has 3 heterocycles. The van der Waals surface area contributed by atoms with E-state index in [9.17, 15) is 20.1 Å². The average Bonchev–Trinajstić information content (AvgIpc) is 3.53. The highest BCUT2D eigenvalue weighted by atomic mass is 16.7. The number of hydrogen-bond donors (Lipinski definition) is 5. The second-order valence-electron chi connectivity index (χ2n) is 8.58. The first-order valence-electron chi connectivity index (χ1n) is 11.5. The Bertz CT molecular complexity index is 1700. The molecule has 0 spiro atoms. The number of nitrogens with zero attached hydrogens (tertiary/aromatic N) is 1. The van der Waals surface area contributed by atoms with Gasteiger partial charge < -0.3 is 35.1 Å². The van der Waals surface area contributed by atoms with Crippen molar-refractivity contribution in [3.8, 4) is 40.0 Å². The summed E-state index contributed by atoms with van der Waals surface area (Å²) in [6.07, 6.45) is 2.69. The van der Waals surface area contributed by atoms with Gasteiger partial charge in [-0.1, -0.05) is 18.2 Å². The van der Waals surface area contributed by atoms with E-state index in [2.05, 4.69) is 10.3 Å². The number of aromatic amines is 1. The Kier molecular flexibility index (Phi) is 5.30. The van der Waals surface area contributed by atoms with E-state index < -0.39 is 23.2 Å². The van der Waals surface area contributed by atoms with Gasteiger partial charge in [-0.15, -0.1) is 0 Å². The van der Waals surface area contributed by atoms with Crippen LogP contribution in [0, 0.1) is 0 Å². The second kappa shape index (κ2) is 8.80. The first-order chi connectivity index (χ1) is 18.0. The van der Waals surface area contributed by atoms with Crippen LogP contribution in [0.5, 0.6) is 28.7 Å². The number of aromatic nitrogens is 2. The lowest BCUT2D eigenvalue weighted by Gasteiger charge is -2.09. The zero-order valence-electron chi connectivity index (χ0n) is 19.4. The Morgan fingerprint density at radius 1 is 0.973 bits per heavy atom. The summed E-state index contributed by atoms with van der Waals surface area (Å²) in [6, 6.07) is 18.1. The summed E-state index contributed by atoms with van der Waals surface area (Å²) in [6.45, 7) is 0.346. The lowest BCUT2D eigenvalue weighted by Crippen LogP contribution is -2.21. The first kappa shape index (κ1) is 22.3. The van der Waals surface area contributed by atoms with Gasteiger partial charge in [-0.25, -0.2) is 4.98 Å². The number of amides is 1. The minimum atomic E-state index is -0.612. The molecule has 0 saturated carbocycles. The van der Waals surface area contributed by atoms with Crippen LogP contribution in [0.3, 0.4) is 0 Å². The molecule has 0 bridgehead atoms. The van der Waals surface area contributed by atoms with Gasteiger partial charge in [0.2, 0.25) is 12.7 Å². The second-order valence-corrected chi connectivity index (χ2v) is 8.58. The average molecular weight is 495 g/mol. The zero-order chi connectivity index (χ0) is 25.5. The summed E-state index contributed by atoms with van der Waals surface area (Å²) in [5.74, 6) is -0.628. The number of ether oxygens (including phenoxy) is 2. The van der Waals surface area contributed by atoms with Gasteiger partial charge in [-0.2, -0.15) is 0 Å². The predicted molar refractivity (Wildman–Crippen MR) is 137 cm³/mol. The normalized spacial score (nSPS) is 12.5. The largest absolute Gasteiger partial charge is 0.504 e. The summed E-state index contributed by atoms with van der Waals surface area (Å²) in [5.41, 5.74) is 4.44. The van der Waals surface area contributed by atoms with E-state index >= 15 is 0 Å². The number of hydrogen-bond acceptors (Lipinski definition) is 7. The molecule has 6 rings (SSSR count). The van der Waals surface area contributed by atoms with Gasteiger partial charge in [0.25, 0.3) is 0 Å². The quantitative estimate of drug-likeness (QED) is 0.178. The van der Waals surface area contributed by atoms with E-state index in [0.717, 1.165) is 33.1 Å². The van der Waals surface area contributed by atoms with Crippen LogP contribution in [0.1, 0.15) is 11.3 Å². The maximum Gasteiger partial charge on any atom is 0.244 e. The van der Waals surface area contributed by atoms with Crippen molar-refractivity contribution in [1.29, 1.82) is 0 Å². The standard InChI is InChI=1S/C28H21N3O6/c32-21-9-15(10-22(33)28(21)35)5-8-25(34)29-13-17-12-19-18-3-1-2-4-20(18)31-27(19)26(30-17)16-6-7-23-24(11-16)37-14-36-23/h1-12,31-33,35H,13-14H2,(H,29,34)/b8-5+. The summed E-state index contributed by atoms with van der Waals surface area (Å²) in [7, 11) is 0. The van der Waals surface area contributed by atoms with Crippen LogP contribution in [0.25, 0.3) is 39.1 Å². The molecule has 0 saturated heterocycles. The summed E-state index contributed by atoms with van der Waals surface area (Å²) in [4.78, 5) is 20.8. The molecule has 37 heavy (non-hydrogen) atoms. The van der Waals surface area contributed by atoms with Crippen LogP contribution in [0.2, 0.25) is 0 Å². The maximum absolute atomic E-state index is 12.5. The third kappa shape index (κ3) is 4.12. The van der Waals surface area contributed by atoms with Crippen LogP contribution in [0.15, 0.2) is 66.7 Å². The molecule has 0 fully saturated rings. The number of rotatable bonds is 5. The van der Waals surface area contributed by atoms with Crippen molar-refractivity contribution in [2.75, 3.05) is 6.79 Å². The van der Waals surface area contributed by atoms with Crippen molar-refractivity contribution < 1.29 is 29.6 Å². The van der Waals surface area contributed by atoms with Gasteiger partial charge in [0.1, 0.15) is 0 Å². The van der Waals surface area contributed by atoms with Gasteiger partial charge in [-0.3, -0.25) is 4.79 Å². The number of phenols is 3. The fourth-order valence-electron chi connectivity index (χ4n) is 4.37. The number of para-hydroxylation sites is 1. The molecule has 9 nitrogen and oxygen atoms in total. The minimum absolute atomic E-state index is 0.169. The van der Waals surface area contributed by atoms with Crippen LogP contribution in [-0.2, 0) is 11.3 Å². The van der Waals surface area contributed by atoms with Crippen LogP contribution >= 0.6 is 0 Å². The first-order valence-corrected chi connectivity index (χ1v) is 11.5. The highest BCUT2D eigenvalue weighted by Gasteiger charge is 2.18. The molecule has 0 atom stereocenters. The summed E-state index contributed by atoms with van der Waals surface area (Å²) in [5, 5.41) is 33.6. The number of carbonyl (C=O) groups excluding carboxylic acids is 1. The van der Waals surface area contributed by atoms with Crippen LogP contribution in [-0.4, -0.2) is 38.0 Å². The Morgan fingerprint density at radius 2 is 1.76 bits per heavy atom. The van der Waals surface area contributed by atoms with Gasteiger partial charge >= 0.3 is 0 Å². The smallest absolute Gasteiger partial charge is 0.244 e. The van der Waals surface area contributed by atoms with Gasteiger partial charge in [-0.05, 0) is 54.1 Å². The fourth-order valence-corrected chi connectivity index (χ4v) is 4.37. The van der Waals surface area contributed by atoms with Crippen molar-refractivity contribution in [2.24, 2.45) is 0 Å². The minimum Gasteiger partial charge on any atom is -0.504 e. The molecular formula is C28H21N3O6. The molecule has 3 aromatic carbocycles. The lowest BCUT2D eigenvalue weighted by molar-refractivity contribution is -0.116. The van der Waals surface area contributed by atoms with Crippen molar-refractivity contribution in [3.05, 3.63) is 78.0 Å². The molecule has 5 aromatic rings. The van der Waals surface area contributed by atoms with E-state index in [1.54, 1.807) is 0 Å². The van der Waals surface area contributed by atoms with E-state index in [1.807, 2.05) is 48.5 Å². The van der Waals surface area contributed by atoms with E-state index in [4.69, 9.17) is 14.5 Å². The van der Waals surface area contributed by atoms with Crippen LogP contribution in [0.4, 0.5) is 0 Å². The Morgan fingerprint density at radius 3 is 2.59 bits per heavy atom. The van der Waals surface area contributed by atoms with Crippen LogP contribution < -0.4 is 14.8 Å². The highest BCUT2D eigenvalue weighted by molar-refractivity contribution is 6.11. The Hall–Kier alpha value is -5.18. The number of carbonyl (C=O) groups is 1. The molecule has 5 N–H and O–H groups in total. The lowest BCUT2D eigenvalue weighted by atomic mass is 10.1. The number of phenolic OH excluding ortho intramolecular Hbond substituents is 3. The van der Waals surface area contributed by atoms with Crippen molar-refractivity contribution in [3.63, 3.8) is 0 Å². The molecular weight excluding hydrogens is 474 g/mol. The van der Waals surface area contributed by atoms with Gasteiger partial charge in [0.05, 0.1) is 23.4 Å². The van der Waals surface area contributed by atoms with E-state index in [1.165, 1.54) is 24.3 Å². The molecule has 0 radical (unpaired) electrons. The molecule has 2 aromatic heterocycles. The monoisotopic (exact) mass is 495 g/mol. The molecule has 0 aliphatic carbocycles. The number of fused-ring (bicyclic) bond motifs is 4. The fraction of sp³-hybridized carbons (Fsp3) is 0.0714. The zero-order valence-corrected chi connectivity index (χ0v) is 19.4. The molecule has 0 unspecified atom stereocenters. The van der Waals surface area contributed by atoms with Gasteiger partial charge in [0.15, 0.2) is 28.7 Å². The SMILES string of the molecule is O=C(/C=C/c1cc(O)c(O)c(O)c1)NCc1cc2c([nH]c3ccccc32)c(-c2ccc3c(c2)OCO3)n1. The Labute approximate surface area is 210 Å². The predicted octanol–water partition coefficient (Wildman–Crippen LogP) is 4.56. The number of benzene rings is 3. The summed E-state index contributed by atoms with van der Waals surface area (Å²) < 4.78 is 11.0.